The molecule has 2 atom stereocenters. The van der Waals surface area contributed by atoms with Crippen LogP contribution >= 0.6 is 23.6 Å². The number of thiophene rings is 1. The number of thiocarbonyl (C=S) groups is 1. The Morgan fingerprint density at radius 2 is 1.85 bits per heavy atom. The van der Waals surface area contributed by atoms with Crippen molar-refractivity contribution in [3.8, 4) is 0 Å². The van der Waals surface area contributed by atoms with Gasteiger partial charge in [-0.05, 0) is 67.0 Å². The lowest BCUT2D eigenvalue weighted by Crippen LogP contribution is -2.29. The standard InChI is InChI=1S/C22H23N3S2/c1-14(2)16-8-10-17(11-9-16)25-21(19-12-7-15(3)27-19)20(24-22(25)26)18-6-4-5-13-23-18/h4-14,20-21H,1-3H3,(H,24,26). The summed E-state index contributed by atoms with van der Waals surface area (Å²) in [5.41, 5.74) is 3.46. The van der Waals surface area contributed by atoms with Crippen LogP contribution in [0.3, 0.4) is 0 Å². The summed E-state index contributed by atoms with van der Waals surface area (Å²) in [7, 11) is 0. The van der Waals surface area contributed by atoms with Gasteiger partial charge in [-0.1, -0.05) is 32.0 Å². The number of pyridine rings is 1. The quantitative estimate of drug-likeness (QED) is 0.571. The minimum atomic E-state index is 0.0292. The average Bonchev–Trinajstić information content (AvgIpc) is 3.25. The first-order valence-electron chi connectivity index (χ1n) is 9.21. The molecule has 1 aromatic carbocycles. The van der Waals surface area contributed by atoms with Crippen molar-refractivity contribution >= 4 is 34.4 Å². The number of nitrogens with one attached hydrogen (secondary N) is 1. The van der Waals surface area contributed by atoms with E-state index < -0.39 is 0 Å². The maximum atomic E-state index is 5.76. The fraction of sp³-hybridized carbons (Fsp3) is 0.273. The second kappa shape index (κ2) is 7.41. The summed E-state index contributed by atoms with van der Waals surface area (Å²) >= 11 is 7.58. The van der Waals surface area contributed by atoms with Crippen LogP contribution in [0.15, 0.2) is 60.8 Å². The topological polar surface area (TPSA) is 28.2 Å². The van der Waals surface area contributed by atoms with Gasteiger partial charge in [-0.3, -0.25) is 4.98 Å². The van der Waals surface area contributed by atoms with Crippen molar-refractivity contribution in [3.05, 3.63) is 81.8 Å². The van der Waals surface area contributed by atoms with E-state index in [1.807, 2.05) is 29.7 Å². The van der Waals surface area contributed by atoms with Gasteiger partial charge >= 0.3 is 0 Å². The van der Waals surface area contributed by atoms with E-state index in [2.05, 4.69) is 78.4 Å². The van der Waals surface area contributed by atoms with E-state index >= 15 is 0 Å². The summed E-state index contributed by atoms with van der Waals surface area (Å²) in [6.07, 6.45) is 1.84. The van der Waals surface area contributed by atoms with Crippen LogP contribution in [-0.2, 0) is 0 Å². The van der Waals surface area contributed by atoms with Gasteiger partial charge in [-0.15, -0.1) is 11.3 Å². The van der Waals surface area contributed by atoms with Crippen molar-refractivity contribution in [1.82, 2.24) is 10.3 Å². The molecule has 4 rings (SSSR count). The number of nitrogens with zero attached hydrogens (tertiary/aromatic N) is 2. The number of benzene rings is 1. The Hall–Kier alpha value is -2.24. The molecule has 27 heavy (non-hydrogen) atoms. The fourth-order valence-corrected chi connectivity index (χ4v) is 4.91. The van der Waals surface area contributed by atoms with Gasteiger partial charge in [0.15, 0.2) is 5.11 Å². The van der Waals surface area contributed by atoms with Crippen LogP contribution in [0.1, 0.15) is 52.9 Å². The van der Waals surface area contributed by atoms with Gasteiger partial charge in [-0.25, -0.2) is 0 Å². The summed E-state index contributed by atoms with van der Waals surface area (Å²) < 4.78 is 0. The third-order valence-electron chi connectivity index (χ3n) is 4.99. The van der Waals surface area contributed by atoms with E-state index in [0.717, 1.165) is 16.5 Å². The lowest BCUT2D eigenvalue weighted by atomic mass is 10.0. The van der Waals surface area contributed by atoms with Gasteiger partial charge in [0.1, 0.15) is 0 Å². The van der Waals surface area contributed by atoms with E-state index in [1.165, 1.54) is 15.3 Å². The second-order valence-corrected chi connectivity index (χ2v) is 8.90. The highest BCUT2D eigenvalue weighted by atomic mass is 32.1. The molecule has 0 radical (unpaired) electrons. The molecule has 1 saturated heterocycles. The van der Waals surface area contributed by atoms with Crippen LogP contribution in [0.4, 0.5) is 5.69 Å². The van der Waals surface area contributed by atoms with E-state index in [9.17, 15) is 0 Å². The molecule has 5 heteroatoms. The van der Waals surface area contributed by atoms with E-state index in [4.69, 9.17) is 12.2 Å². The molecule has 0 aliphatic carbocycles. The van der Waals surface area contributed by atoms with Gasteiger partial charge in [-0.2, -0.15) is 0 Å². The van der Waals surface area contributed by atoms with Crippen molar-refractivity contribution < 1.29 is 0 Å². The third kappa shape index (κ3) is 3.49. The molecule has 3 heterocycles. The minimum Gasteiger partial charge on any atom is -0.351 e. The van der Waals surface area contributed by atoms with Crippen LogP contribution in [0, 0.1) is 6.92 Å². The summed E-state index contributed by atoms with van der Waals surface area (Å²) in [5, 5.41) is 4.26. The normalized spacial score (nSPS) is 19.6. The first-order chi connectivity index (χ1) is 13.0. The molecule has 0 amide bonds. The van der Waals surface area contributed by atoms with Crippen molar-refractivity contribution in [2.24, 2.45) is 0 Å². The molecule has 1 fully saturated rings. The predicted octanol–water partition coefficient (Wildman–Crippen LogP) is 5.75. The monoisotopic (exact) mass is 393 g/mol. The number of hydrogen-bond donors (Lipinski definition) is 1. The molecule has 1 aliphatic heterocycles. The van der Waals surface area contributed by atoms with Crippen LogP contribution in [0.2, 0.25) is 0 Å². The molecule has 1 aliphatic rings. The molecule has 0 spiro atoms. The highest BCUT2D eigenvalue weighted by molar-refractivity contribution is 7.80. The smallest absolute Gasteiger partial charge is 0.174 e. The van der Waals surface area contributed by atoms with Crippen LogP contribution < -0.4 is 10.2 Å². The molecule has 0 bridgehead atoms. The Balaban J connectivity index is 1.78. The zero-order valence-corrected chi connectivity index (χ0v) is 17.3. The summed E-state index contributed by atoms with van der Waals surface area (Å²) in [6.45, 7) is 6.57. The Bertz CT molecular complexity index is 932. The SMILES string of the molecule is Cc1ccc(C2C(c3ccccn3)NC(=S)N2c2ccc(C(C)C)cc2)s1. The number of aryl methyl sites for hydroxylation is 1. The molecule has 2 aromatic heterocycles. The average molecular weight is 394 g/mol. The van der Waals surface area contributed by atoms with Crippen molar-refractivity contribution in [2.75, 3.05) is 4.90 Å². The first kappa shape index (κ1) is 18.1. The Morgan fingerprint density at radius 1 is 1.07 bits per heavy atom. The van der Waals surface area contributed by atoms with Gasteiger partial charge in [0.25, 0.3) is 0 Å². The van der Waals surface area contributed by atoms with Gasteiger partial charge in [0, 0.05) is 21.6 Å². The lowest BCUT2D eigenvalue weighted by molar-refractivity contribution is 0.575. The number of hydrogen-bond acceptors (Lipinski definition) is 3. The summed E-state index contributed by atoms with van der Waals surface area (Å²) in [4.78, 5) is 9.44. The zero-order valence-electron chi connectivity index (χ0n) is 15.7. The minimum absolute atomic E-state index is 0.0292. The number of aromatic nitrogens is 1. The fourth-order valence-electron chi connectivity index (χ4n) is 3.55. The Labute approximate surface area is 170 Å². The number of anilines is 1. The molecular formula is C22H23N3S2. The van der Waals surface area contributed by atoms with Crippen molar-refractivity contribution in [2.45, 2.75) is 38.8 Å². The molecule has 2 unspecified atom stereocenters. The molecule has 3 aromatic rings. The first-order valence-corrected chi connectivity index (χ1v) is 10.4. The lowest BCUT2D eigenvalue weighted by Gasteiger charge is -2.27. The molecule has 1 N–H and O–H groups in total. The molecule has 0 saturated carbocycles. The third-order valence-corrected chi connectivity index (χ3v) is 6.37. The maximum absolute atomic E-state index is 5.76. The molecule has 3 nitrogen and oxygen atoms in total. The van der Waals surface area contributed by atoms with Crippen molar-refractivity contribution in [3.63, 3.8) is 0 Å². The molecule has 138 valence electrons. The summed E-state index contributed by atoms with van der Waals surface area (Å²) in [6, 6.07) is 19.3. The van der Waals surface area contributed by atoms with Crippen LogP contribution in [0.25, 0.3) is 0 Å². The van der Waals surface area contributed by atoms with E-state index in [-0.39, 0.29) is 12.1 Å². The van der Waals surface area contributed by atoms with Crippen molar-refractivity contribution in [1.29, 1.82) is 0 Å². The largest absolute Gasteiger partial charge is 0.351 e. The van der Waals surface area contributed by atoms with Gasteiger partial charge < -0.3 is 10.2 Å². The highest BCUT2D eigenvalue weighted by Gasteiger charge is 2.41. The van der Waals surface area contributed by atoms with Gasteiger partial charge in [0.05, 0.1) is 17.8 Å². The van der Waals surface area contributed by atoms with Crippen LogP contribution in [-0.4, -0.2) is 10.1 Å². The van der Waals surface area contributed by atoms with Crippen LogP contribution in [0.5, 0.6) is 0 Å². The zero-order chi connectivity index (χ0) is 19.0. The molecular weight excluding hydrogens is 370 g/mol. The Kier molecular flexibility index (Phi) is 4.98. The second-order valence-electron chi connectivity index (χ2n) is 7.19. The Morgan fingerprint density at radius 3 is 2.44 bits per heavy atom. The number of rotatable bonds is 4. The predicted molar refractivity (Wildman–Crippen MR) is 118 cm³/mol. The highest BCUT2D eigenvalue weighted by Crippen LogP contribution is 2.43. The van der Waals surface area contributed by atoms with E-state index in [0.29, 0.717) is 5.92 Å². The van der Waals surface area contributed by atoms with E-state index in [1.54, 1.807) is 0 Å². The summed E-state index contributed by atoms with van der Waals surface area (Å²) in [5.74, 6) is 0.514. The van der Waals surface area contributed by atoms with Gasteiger partial charge in [0.2, 0.25) is 0 Å². The maximum Gasteiger partial charge on any atom is 0.174 e.